The van der Waals surface area contributed by atoms with Gasteiger partial charge < -0.3 is 10.1 Å². The summed E-state index contributed by atoms with van der Waals surface area (Å²) in [5, 5.41) is 3.53. The number of ether oxygens (including phenoxy) is 1. The predicted molar refractivity (Wildman–Crippen MR) is 78.2 cm³/mol. The molecular weight excluding hydrogens is 222 g/mol. The van der Waals surface area contributed by atoms with E-state index >= 15 is 0 Å². The van der Waals surface area contributed by atoms with Crippen LogP contribution in [-0.4, -0.2) is 12.1 Å². The van der Waals surface area contributed by atoms with E-state index in [1.165, 1.54) is 23.2 Å². The zero-order valence-corrected chi connectivity index (χ0v) is 11.8. The molecule has 2 heteroatoms. The molecule has 98 valence electrons. The summed E-state index contributed by atoms with van der Waals surface area (Å²) in [4.78, 5) is 0. The molecule has 0 aliphatic carbocycles. The number of allylic oxidation sites excluding steroid dienone is 1. The fourth-order valence-electron chi connectivity index (χ4n) is 2.38. The molecule has 0 spiro atoms. The fraction of sp³-hybridized carbons (Fsp3) is 0.500. The lowest BCUT2D eigenvalue weighted by Gasteiger charge is -2.31. The number of benzene rings is 1. The van der Waals surface area contributed by atoms with Crippen LogP contribution >= 0.6 is 0 Å². The third-order valence-corrected chi connectivity index (χ3v) is 3.22. The van der Waals surface area contributed by atoms with Gasteiger partial charge in [0.2, 0.25) is 0 Å². The van der Waals surface area contributed by atoms with E-state index in [0.29, 0.717) is 0 Å². The molecule has 1 aromatic carbocycles. The standard InChI is InChI=1S/C16H23NO/c1-5-6-9-18-13-7-8-15-14(10-13)12(2)11-16(3,4)17-15/h7-8,10-11,17H,5-6,9H2,1-4H3. The molecule has 0 unspecified atom stereocenters. The fourth-order valence-corrected chi connectivity index (χ4v) is 2.38. The Morgan fingerprint density at radius 2 is 2.06 bits per heavy atom. The van der Waals surface area contributed by atoms with Gasteiger partial charge in [0.05, 0.1) is 12.1 Å². The molecule has 0 atom stereocenters. The van der Waals surface area contributed by atoms with Crippen molar-refractivity contribution in [2.24, 2.45) is 0 Å². The third-order valence-electron chi connectivity index (χ3n) is 3.22. The van der Waals surface area contributed by atoms with Gasteiger partial charge in [-0.25, -0.2) is 0 Å². The van der Waals surface area contributed by atoms with Crippen LogP contribution in [0.5, 0.6) is 5.75 Å². The molecule has 1 aliphatic heterocycles. The normalized spacial score (nSPS) is 16.6. The van der Waals surface area contributed by atoms with Crippen LogP contribution < -0.4 is 10.1 Å². The summed E-state index contributed by atoms with van der Waals surface area (Å²) < 4.78 is 5.76. The lowest BCUT2D eigenvalue weighted by atomic mass is 9.91. The van der Waals surface area contributed by atoms with E-state index in [1.54, 1.807) is 0 Å². The lowest BCUT2D eigenvalue weighted by molar-refractivity contribution is 0.309. The largest absolute Gasteiger partial charge is 0.494 e. The lowest BCUT2D eigenvalue weighted by Crippen LogP contribution is -2.31. The van der Waals surface area contributed by atoms with Crippen LogP contribution in [0.15, 0.2) is 24.3 Å². The topological polar surface area (TPSA) is 21.3 Å². The van der Waals surface area contributed by atoms with Crippen molar-refractivity contribution in [1.29, 1.82) is 0 Å². The smallest absolute Gasteiger partial charge is 0.120 e. The Kier molecular flexibility index (Phi) is 3.65. The maximum absolute atomic E-state index is 5.76. The van der Waals surface area contributed by atoms with Crippen molar-refractivity contribution >= 4 is 11.3 Å². The number of hydrogen-bond acceptors (Lipinski definition) is 2. The minimum atomic E-state index is 0.0294. The van der Waals surface area contributed by atoms with Crippen molar-refractivity contribution in [3.63, 3.8) is 0 Å². The molecule has 0 radical (unpaired) electrons. The summed E-state index contributed by atoms with van der Waals surface area (Å²) in [7, 11) is 0. The summed E-state index contributed by atoms with van der Waals surface area (Å²) in [6.07, 6.45) is 4.54. The molecule has 18 heavy (non-hydrogen) atoms. The number of nitrogens with one attached hydrogen (secondary N) is 1. The highest BCUT2D eigenvalue weighted by molar-refractivity contribution is 5.80. The van der Waals surface area contributed by atoms with Crippen molar-refractivity contribution in [2.45, 2.75) is 46.1 Å². The van der Waals surface area contributed by atoms with Gasteiger partial charge in [-0.2, -0.15) is 0 Å². The summed E-state index contributed by atoms with van der Waals surface area (Å²) in [5.41, 5.74) is 3.79. The van der Waals surface area contributed by atoms with Crippen molar-refractivity contribution in [3.05, 3.63) is 29.8 Å². The molecule has 1 N–H and O–H groups in total. The van der Waals surface area contributed by atoms with Crippen LogP contribution in [0.3, 0.4) is 0 Å². The molecule has 0 saturated carbocycles. The molecule has 0 fully saturated rings. The van der Waals surface area contributed by atoms with Crippen LogP contribution in [0.4, 0.5) is 5.69 Å². The van der Waals surface area contributed by atoms with Gasteiger partial charge in [-0.3, -0.25) is 0 Å². The van der Waals surface area contributed by atoms with E-state index in [1.807, 2.05) is 0 Å². The SMILES string of the molecule is CCCCOc1ccc2c(c1)C(C)=CC(C)(C)N2. The number of hydrogen-bond donors (Lipinski definition) is 1. The van der Waals surface area contributed by atoms with E-state index in [9.17, 15) is 0 Å². The second-order valence-corrected chi connectivity index (χ2v) is 5.58. The maximum Gasteiger partial charge on any atom is 0.120 e. The van der Waals surface area contributed by atoms with E-state index in [4.69, 9.17) is 4.74 Å². The highest BCUT2D eigenvalue weighted by Crippen LogP contribution is 2.35. The Morgan fingerprint density at radius 1 is 1.28 bits per heavy atom. The van der Waals surface area contributed by atoms with E-state index in [0.717, 1.165) is 18.8 Å². The molecular formula is C16H23NO. The highest BCUT2D eigenvalue weighted by Gasteiger charge is 2.22. The minimum Gasteiger partial charge on any atom is -0.494 e. The molecule has 1 heterocycles. The van der Waals surface area contributed by atoms with Crippen LogP contribution in [0.2, 0.25) is 0 Å². The quantitative estimate of drug-likeness (QED) is 0.790. The average molecular weight is 245 g/mol. The molecule has 1 aromatic rings. The van der Waals surface area contributed by atoms with Gasteiger partial charge in [0.1, 0.15) is 5.75 Å². The Balaban J connectivity index is 2.20. The Labute approximate surface area is 110 Å². The van der Waals surface area contributed by atoms with E-state index < -0.39 is 0 Å². The molecule has 1 aliphatic rings. The monoisotopic (exact) mass is 245 g/mol. The summed E-state index contributed by atoms with van der Waals surface area (Å²) >= 11 is 0. The summed E-state index contributed by atoms with van der Waals surface area (Å²) in [5.74, 6) is 0.969. The minimum absolute atomic E-state index is 0.0294. The summed E-state index contributed by atoms with van der Waals surface area (Å²) in [6, 6.07) is 6.31. The maximum atomic E-state index is 5.76. The van der Waals surface area contributed by atoms with E-state index in [2.05, 4.69) is 57.3 Å². The number of fused-ring (bicyclic) bond motifs is 1. The predicted octanol–water partition coefficient (Wildman–Crippen LogP) is 4.47. The number of unbranched alkanes of at least 4 members (excludes halogenated alkanes) is 1. The second kappa shape index (κ2) is 5.05. The first-order chi connectivity index (χ1) is 8.52. The zero-order valence-electron chi connectivity index (χ0n) is 11.8. The van der Waals surface area contributed by atoms with Crippen LogP contribution in [-0.2, 0) is 0 Å². The third kappa shape index (κ3) is 2.87. The molecule has 0 aromatic heterocycles. The van der Waals surface area contributed by atoms with Gasteiger partial charge in [-0.05, 0) is 51.0 Å². The molecule has 0 saturated heterocycles. The van der Waals surface area contributed by atoms with Crippen LogP contribution in [0.1, 0.15) is 46.1 Å². The molecule has 2 rings (SSSR count). The van der Waals surface area contributed by atoms with Gasteiger partial charge in [-0.15, -0.1) is 0 Å². The van der Waals surface area contributed by atoms with Gasteiger partial charge in [0.15, 0.2) is 0 Å². The first kappa shape index (κ1) is 13.0. The number of rotatable bonds is 4. The number of anilines is 1. The Hall–Kier alpha value is -1.44. The average Bonchev–Trinajstić information content (AvgIpc) is 2.29. The van der Waals surface area contributed by atoms with Gasteiger partial charge >= 0.3 is 0 Å². The van der Waals surface area contributed by atoms with Crippen LogP contribution in [0, 0.1) is 0 Å². The van der Waals surface area contributed by atoms with Gasteiger partial charge in [-0.1, -0.05) is 19.4 Å². The second-order valence-electron chi connectivity index (χ2n) is 5.58. The first-order valence-corrected chi connectivity index (χ1v) is 6.77. The highest BCUT2D eigenvalue weighted by atomic mass is 16.5. The summed E-state index contributed by atoms with van der Waals surface area (Å²) in [6.45, 7) is 9.51. The van der Waals surface area contributed by atoms with Crippen molar-refractivity contribution in [3.8, 4) is 5.75 Å². The van der Waals surface area contributed by atoms with Crippen molar-refractivity contribution < 1.29 is 4.74 Å². The van der Waals surface area contributed by atoms with E-state index in [-0.39, 0.29) is 5.54 Å². The molecule has 0 amide bonds. The van der Waals surface area contributed by atoms with Crippen molar-refractivity contribution in [1.82, 2.24) is 0 Å². The first-order valence-electron chi connectivity index (χ1n) is 6.77. The zero-order chi connectivity index (χ0) is 13.2. The molecule has 0 bridgehead atoms. The Morgan fingerprint density at radius 3 is 2.78 bits per heavy atom. The van der Waals surface area contributed by atoms with Crippen LogP contribution in [0.25, 0.3) is 5.57 Å². The van der Waals surface area contributed by atoms with Gasteiger partial charge in [0, 0.05) is 11.3 Å². The van der Waals surface area contributed by atoms with Gasteiger partial charge in [0.25, 0.3) is 0 Å². The Bertz CT molecular complexity index is 460. The van der Waals surface area contributed by atoms with Crippen molar-refractivity contribution in [2.75, 3.05) is 11.9 Å². The molecule has 2 nitrogen and oxygen atoms in total.